The molecule has 7 nitrogen and oxygen atoms in total. The Balaban J connectivity index is 1.77. The van der Waals surface area contributed by atoms with Gasteiger partial charge in [-0.1, -0.05) is 31.8 Å². The van der Waals surface area contributed by atoms with Gasteiger partial charge in [-0.15, -0.1) is 0 Å². The molecule has 1 N–H and O–H groups in total. The molecule has 128 valence electrons. The number of nitrogens with zero attached hydrogens (tertiary/aromatic N) is 3. The highest BCUT2D eigenvalue weighted by Gasteiger charge is 2.50. The van der Waals surface area contributed by atoms with Gasteiger partial charge in [-0.3, -0.25) is 9.69 Å². The summed E-state index contributed by atoms with van der Waals surface area (Å²) < 4.78 is 5.20. The van der Waals surface area contributed by atoms with Crippen molar-refractivity contribution >= 4 is 23.3 Å². The minimum Gasteiger partial charge on any atom is -0.337 e. The molecule has 1 aliphatic heterocycles. The van der Waals surface area contributed by atoms with Crippen LogP contribution in [0.4, 0.5) is 4.79 Å². The van der Waals surface area contributed by atoms with Crippen LogP contribution in [0.2, 0.25) is 0 Å². The summed E-state index contributed by atoms with van der Waals surface area (Å²) >= 11 is 1.54. The second-order valence-electron chi connectivity index (χ2n) is 5.93. The number of rotatable bonds is 7. The number of imide groups is 1. The molecular weight excluding hydrogens is 328 g/mol. The highest BCUT2D eigenvalue weighted by Crippen LogP contribution is 2.29. The Morgan fingerprint density at radius 1 is 1.29 bits per heavy atom. The third kappa shape index (κ3) is 2.93. The standard InChI is InChI=1S/C16H20N4O3S/c1-3-6-16(7-4-2)14(21)20(15(22)18-16)9-12-17-13(19-23-12)11-5-8-24-10-11/h5,8,10H,3-4,6-7,9H2,1-2H3,(H,18,22). The van der Waals surface area contributed by atoms with E-state index in [2.05, 4.69) is 15.5 Å². The Morgan fingerprint density at radius 2 is 2.04 bits per heavy atom. The van der Waals surface area contributed by atoms with Crippen molar-refractivity contribution in [2.75, 3.05) is 0 Å². The molecule has 2 aromatic heterocycles. The second-order valence-corrected chi connectivity index (χ2v) is 6.71. The van der Waals surface area contributed by atoms with Crippen LogP contribution in [0.1, 0.15) is 45.4 Å². The first-order chi connectivity index (χ1) is 11.6. The van der Waals surface area contributed by atoms with Gasteiger partial charge in [0, 0.05) is 10.9 Å². The molecule has 0 bridgehead atoms. The third-order valence-electron chi connectivity index (χ3n) is 4.14. The van der Waals surface area contributed by atoms with Crippen LogP contribution in [0, 0.1) is 0 Å². The molecular formula is C16H20N4O3S. The predicted molar refractivity (Wildman–Crippen MR) is 89.2 cm³/mol. The Bertz CT molecular complexity index is 720. The van der Waals surface area contributed by atoms with Gasteiger partial charge in [0.25, 0.3) is 5.91 Å². The fraction of sp³-hybridized carbons (Fsp3) is 0.500. The van der Waals surface area contributed by atoms with E-state index in [9.17, 15) is 9.59 Å². The molecule has 0 aliphatic carbocycles. The van der Waals surface area contributed by atoms with Gasteiger partial charge >= 0.3 is 6.03 Å². The van der Waals surface area contributed by atoms with Crippen LogP contribution in [0.5, 0.6) is 0 Å². The minimum atomic E-state index is -0.795. The van der Waals surface area contributed by atoms with Crippen molar-refractivity contribution in [2.24, 2.45) is 0 Å². The molecule has 3 amide bonds. The van der Waals surface area contributed by atoms with Crippen LogP contribution in [-0.4, -0.2) is 32.5 Å². The van der Waals surface area contributed by atoms with Crippen molar-refractivity contribution in [3.8, 4) is 11.4 Å². The summed E-state index contributed by atoms with van der Waals surface area (Å²) in [7, 11) is 0. The Kier molecular flexibility index (Phi) is 4.66. The molecule has 8 heteroatoms. The van der Waals surface area contributed by atoms with Gasteiger partial charge in [-0.05, 0) is 24.3 Å². The smallest absolute Gasteiger partial charge is 0.325 e. The van der Waals surface area contributed by atoms with E-state index in [-0.39, 0.29) is 18.3 Å². The number of amides is 3. The molecule has 1 saturated heterocycles. The summed E-state index contributed by atoms with van der Waals surface area (Å²) in [6.45, 7) is 4.01. The van der Waals surface area contributed by atoms with Gasteiger partial charge < -0.3 is 9.84 Å². The van der Waals surface area contributed by atoms with Crippen LogP contribution >= 0.6 is 11.3 Å². The molecule has 0 radical (unpaired) electrons. The lowest BCUT2D eigenvalue weighted by molar-refractivity contribution is -0.132. The highest BCUT2D eigenvalue weighted by molar-refractivity contribution is 7.08. The molecule has 0 saturated carbocycles. The first kappa shape index (κ1) is 16.6. The Hall–Kier alpha value is -2.22. The van der Waals surface area contributed by atoms with Gasteiger partial charge in [0.15, 0.2) is 0 Å². The van der Waals surface area contributed by atoms with E-state index in [0.29, 0.717) is 18.7 Å². The van der Waals surface area contributed by atoms with Gasteiger partial charge in [0.1, 0.15) is 12.1 Å². The zero-order chi connectivity index (χ0) is 17.2. The van der Waals surface area contributed by atoms with E-state index in [4.69, 9.17) is 4.52 Å². The van der Waals surface area contributed by atoms with Crippen molar-refractivity contribution in [1.29, 1.82) is 0 Å². The monoisotopic (exact) mass is 348 g/mol. The maximum absolute atomic E-state index is 12.8. The van der Waals surface area contributed by atoms with Gasteiger partial charge in [0.2, 0.25) is 11.7 Å². The number of nitrogens with one attached hydrogen (secondary N) is 1. The zero-order valence-electron chi connectivity index (χ0n) is 13.7. The van der Waals surface area contributed by atoms with Crippen LogP contribution in [0.25, 0.3) is 11.4 Å². The van der Waals surface area contributed by atoms with Crippen LogP contribution < -0.4 is 5.32 Å². The summed E-state index contributed by atoms with van der Waals surface area (Å²) in [5.41, 5.74) is 0.0649. The van der Waals surface area contributed by atoms with Gasteiger partial charge in [-0.25, -0.2) is 4.79 Å². The van der Waals surface area contributed by atoms with E-state index in [0.717, 1.165) is 18.4 Å². The largest absolute Gasteiger partial charge is 0.337 e. The molecule has 0 unspecified atom stereocenters. The average molecular weight is 348 g/mol. The summed E-state index contributed by atoms with van der Waals surface area (Å²) in [5, 5.41) is 10.6. The van der Waals surface area contributed by atoms with E-state index in [1.54, 1.807) is 0 Å². The predicted octanol–water partition coefficient (Wildman–Crippen LogP) is 3.19. The quantitative estimate of drug-likeness (QED) is 0.776. The summed E-state index contributed by atoms with van der Waals surface area (Å²) in [6, 6.07) is 1.50. The van der Waals surface area contributed by atoms with Crippen LogP contribution in [0.3, 0.4) is 0 Å². The lowest BCUT2D eigenvalue weighted by Gasteiger charge is -2.25. The normalized spacial score (nSPS) is 16.7. The summed E-state index contributed by atoms with van der Waals surface area (Å²) in [5.74, 6) is 0.515. The molecule has 1 aliphatic rings. The first-order valence-corrected chi connectivity index (χ1v) is 9.03. The summed E-state index contributed by atoms with van der Waals surface area (Å²) in [6.07, 6.45) is 2.91. The van der Waals surface area contributed by atoms with E-state index in [1.807, 2.05) is 30.7 Å². The average Bonchev–Trinajstić information content (AvgIpc) is 3.26. The molecule has 0 atom stereocenters. The Labute approximate surface area is 144 Å². The van der Waals surface area contributed by atoms with Crippen molar-refractivity contribution in [1.82, 2.24) is 20.4 Å². The van der Waals surface area contributed by atoms with E-state index < -0.39 is 11.6 Å². The topological polar surface area (TPSA) is 88.3 Å². The number of carbonyl (C=O) groups is 2. The number of thiophene rings is 1. The number of aromatic nitrogens is 2. The lowest BCUT2D eigenvalue weighted by atomic mass is 9.88. The van der Waals surface area contributed by atoms with Crippen molar-refractivity contribution in [3.63, 3.8) is 0 Å². The van der Waals surface area contributed by atoms with Crippen LogP contribution in [-0.2, 0) is 11.3 Å². The molecule has 3 rings (SSSR count). The Morgan fingerprint density at radius 3 is 2.67 bits per heavy atom. The lowest BCUT2D eigenvalue weighted by Crippen LogP contribution is -2.46. The van der Waals surface area contributed by atoms with Crippen molar-refractivity contribution in [3.05, 3.63) is 22.7 Å². The minimum absolute atomic E-state index is 0.00299. The number of urea groups is 1. The second kappa shape index (κ2) is 6.72. The van der Waals surface area contributed by atoms with E-state index in [1.165, 1.54) is 16.2 Å². The fourth-order valence-corrected chi connectivity index (χ4v) is 3.73. The van der Waals surface area contributed by atoms with Crippen molar-refractivity contribution < 1.29 is 14.1 Å². The maximum atomic E-state index is 12.8. The first-order valence-electron chi connectivity index (χ1n) is 8.09. The number of hydrogen-bond acceptors (Lipinski definition) is 6. The number of carbonyl (C=O) groups excluding carboxylic acids is 2. The SMILES string of the molecule is CCCC1(CCC)NC(=O)N(Cc2nc(-c3ccsc3)no2)C1=O. The molecule has 0 spiro atoms. The van der Waals surface area contributed by atoms with Crippen LogP contribution in [0.15, 0.2) is 21.3 Å². The maximum Gasteiger partial charge on any atom is 0.325 e. The molecule has 24 heavy (non-hydrogen) atoms. The molecule has 2 aromatic rings. The van der Waals surface area contributed by atoms with Gasteiger partial charge in [-0.2, -0.15) is 16.3 Å². The van der Waals surface area contributed by atoms with E-state index >= 15 is 0 Å². The van der Waals surface area contributed by atoms with Crippen molar-refractivity contribution in [2.45, 2.75) is 51.6 Å². The zero-order valence-corrected chi connectivity index (χ0v) is 14.6. The molecule has 3 heterocycles. The number of hydrogen-bond donors (Lipinski definition) is 1. The highest BCUT2D eigenvalue weighted by atomic mass is 32.1. The fourth-order valence-electron chi connectivity index (χ4n) is 3.10. The third-order valence-corrected chi connectivity index (χ3v) is 4.82. The molecule has 1 fully saturated rings. The van der Waals surface area contributed by atoms with Gasteiger partial charge in [0.05, 0.1) is 0 Å². The summed E-state index contributed by atoms with van der Waals surface area (Å²) in [4.78, 5) is 30.6. The molecule has 0 aromatic carbocycles.